The Hall–Kier alpha value is -2.63. The third kappa shape index (κ3) is 3.00. The maximum atomic E-state index is 12.4. The molecule has 114 valence electrons. The SMILES string of the molecule is COc1ccnc(NNC(=O)[C@H]2CCCc3ccccc32)n1. The topological polar surface area (TPSA) is 76.1 Å². The molecule has 0 aliphatic heterocycles. The van der Waals surface area contributed by atoms with E-state index in [-0.39, 0.29) is 11.8 Å². The van der Waals surface area contributed by atoms with Crippen LogP contribution in [0.5, 0.6) is 5.88 Å². The van der Waals surface area contributed by atoms with E-state index in [1.54, 1.807) is 12.3 Å². The first-order chi connectivity index (χ1) is 10.8. The van der Waals surface area contributed by atoms with Crippen LogP contribution in [0.25, 0.3) is 0 Å². The van der Waals surface area contributed by atoms with Gasteiger partial charge in [-0.1, -0.05) is 24.3 Å². The monoisotopic (exact) mass is 298 g/mol. The number of ether oxygens (including phenoxy) is 1. The molecule has 0 radical (unpaired) electrons. The van der Waals surface area contributed by atoms with Crippen LogP contribution in [0.15, 0.2) is 36.5 Å². The van der Waals surface area contributed by atoms with Gasteiger partial charge in [0.15, 0.2) is 0 Å². The number of aryl methyl sites for hydroxylation is 1. The number of amides is 1. The van der Waals surface area contributed by atoms with E-state index in [9.17, 15) is 4.79 Å². The van der Waals surface area contributed by atoms with Crippen molar-refractivity contribution in [1.82, 2.24) is 15.4 Å². The molecular formula is C16H18N4O2. The highest BCUT2D eigenvalue weighted by Gasteiger charge is 2.26. The Bertz CT molecular complexity index is 675. The molecule has 2 aromatic rings. The zero-order valence-electron chi connectivity index (χ0n) is 12.4. The van der Waals surface area contributed by atoms with E-state index in [4.69, 9.17) is 4.74 Å². The van der Waals surface area contributed by atoms with Gasteiger partial charge in [0.25, 0.3) is 0 Å². The molecule has 0 saturated carbocycles. The number of hydrogen-bond acceptors (Lipinski definition) is 5. The average molecular weight is 298 g/mol. The van der Waals surface area contributed by atoms with Crippen molar-refractivity contribution < 1.29 is 9.53 Å². The largest absolute Gasteiger partial charge is 0.481 e. The van der Waals surface area contributed by atoms with Crippen LogP contribution in [-0.4, -0.2) is 23.0 Å². The van der Waals surface area contributed by atoms with Crippen LogP contribution in [0.2, 0.25) is 0 Å². The van der Waals surface area contributed by atoms with Crippen molar-refractivity contribution in [3.8, 4) is 5.88 Å². The van der Waals surface area contributed by atoms with Gasteiger partial charge < -0.3 is 4.74 Å². The first-order valence-electron chi connectivity index (χ1n) is 7.28. The fourth-order valence-corrected chi connectivity index (χ4v) is 2.75. The number of nitrogens with zero attached hydrogens (tertiary/aromatic N) is 2. The number of carbonyl (C=O) groups is 1. The summed E-state index contributed by atoms with van der Waals surface area (Å²) in [6, 6.07) is 9.75. The Morgan fingerprint density at radius 1 is 1.32 bits per heavy atom. The van der Waals surface area contributed by atoms with E-state index in [1.165, 1.54) is 12.7 Å². The highest BCUT2D eigenvalue weighted by molar-refractivity contribution is 5.85. The Kier molecular flexibility index (Phi) is 4.18. The summed E-state index contributed by atoms with van der Waals surface area (Å²) in [6.07, 6.45) is 4.47. The minimum Gasteiger partial charge on any atom is -0.481 e. The lowest BCUT2D eigenvalue weighted by Gasteiger charge is -2.24. The molecule has 1 aliphatic carbocycles. The molecule has 0 unspecified atom stereocenters. The molecule has 1 aromatic carbocycles. The zero-order valence-corrected chi connectivity index (χ0v) is 12.4. The molecule has 0 saturated heterocycles. The first-order valence-corrected chi connectivity index (χ1v) is 7.28. The van der Waals surface area contributed by atoms with Gasteiger partial charge >= 0.3 is 0 Å². The smallest absolute Gasteiger partial charge is 0.245 e. The number of nitrogens with one attached hydrogen (secondary N) is 2. The summed E-state index contributed by atoms with van der Waals surface area (Å²) in [7, 11) is 1.53. The highest BCUT2D eigenvalue weighted by Crippen LogP contribution is 2.31. The van der Waals surface area contributed by atoms with E-state index < -0.39 is 0 Å². The Morgan fingerprint density at radius 3 is 3.05 bits per heavy atom. The van der Waals surface area contributed by atoms with Crippen LogP contribution in [0.3, 0.4) is 0 Å². The summed E-state index contributed by atoms with van der Waals surface area (Å²) < 4.78 is 5.02. The second-order valence-electron chi connectivity index (χ2n) is 5.18. The lowest BCUT2D eigenvalue weighted by molar-refractivity contribution is -0.122. The van der Waals surface area contributed by atoms with Gasteiger partial charge in [0.1, 0.15) is 0 Å². The fourth-order valence-electron chi connectivity index (χ4n) is 2.75. The van der Waals surface area contributed by atoms with Crippen LogP contribution in [0.1, 0.15) is 29.9 Å². The third-order valence-corrected chi connectivity index (χ3v) is 3.82. The van der Waals surface area contributed by atoms with Gasteiger partial charge in [-0.15, -0.1) is 0 Å². The Labute approximate surface area is 128 Å². The Morgan fingerprint density at radius 2 is 2.18 bits per heavy atom. The lowest BCUT2D eigenvalue weighted by Crippen LogP contribution is -2.36. The molecule has 0 spiro atoms. The second kappa shape index (κ2) is 6.43. The van der Waals surface area contributed by atoms with Gasteiger partial charge in [-0.3, -0.25) is 15.6 Å². The predicted molar refractivity (Wildman–Crippen MR) is 82.5 cm³/mol. The van der Waals surface area contributed by atoms with E-state index >= 15 is 0 Å². The number of fused-ring (bicyclic) bond motifs is 1. The number of benzene rings is 1. The molecule has 1 heterocycles. The van der Waals surface area contributed by atoms with E-state index in [1.807, 2.05) is 18.2 Å². The maximum Gasteiger partial charge on any atom is 0.245 e. The van der Waals surface area contributed by atoms with Gasteiger partial charge in [0.05, 0.1) is 13.0 Å². The van der Waals surface area contributed by atoms with Crippen LogP contribution >= 0.6 is 0 Å². The van der Waals surface area contributed by atoms with Gasteiger partial charge in [-0.25, -0.2) is 4.98 Å². The summed E-state index contributed by atoms with van der Waals surface area (Å²) in [5.74, 6) is 0.535. The van der Waals surface area contributed by atoms with Gasteiger partial charge in [-0.05, 0) is 30.4 Å². The van der Waals surface area contributed by atoms with E-state index in [0.717, 1.165) is 24.8 Å². The summed E-state index contributed by atoms with van der Waals surface area (Å²) in [6.45, 7) is 0. The molecule has 2 N–H and O–H groups in total. The number of rotatable bonds is 4. The van der Waals surface area contributed by atoms with Crippen LogP contribution in [-0.2, 0) is 11.2 Å². The summed E-state index contributed by atoms with van der Waals surface area (Å²) in [5.41, 5.74) is 7.80. The molecule has 1 amide bonds. The number of hydrazine groups is 1. The fraction of sp³-hybridized carbons (Fsp3) is 0.312. The van der Waals surface area contributed by atoms with Crippen molar-refractivity contribution in [3.05, 3.63) is 47.7 Å². The Balaban J connectivity index is 1.68. The third-order valence-electron chi connectivity index (χ3n) is 3.82. The van der Waals surface area contributed by atoms with Crippen LogP contribution in [0.4, 0.5) is 5.95 Å². The van der Waals surface area contributed by atoms with Gasteiger partial charge in [-0.2, -0.15) is 4.98 Å². The molecule has 1 atom stereocenters. The van der Waals surface area contributed by atoms with Gasteiger partial charge in [0.2, 0.25) is 17.7 Å². The normalized spacial score (nSPS) is 16.5. The van der Waals surface area contributed by atoms with Crippen molar-refractivity contribution in [2.75, 3.05) is 12.5 Å². The summed E-state index contributed by atoms with van der Waals surface area (Å²) in [5, 5.41) is 0. The predicted octanol–water partition coefficient (Wildman–Crippen LogP) is 2.05. The van der Waals surface area contributed by atoms with Crippen molar-refractivity contribution in [3.63, 3.8) is 0 Å². The molecule has 6 heteroatoms. The van der Waals surface area contributed by atoms with Crippen LogP contribution < -0.4 is 15.6 Å². The number of carbonyl (C=O) groups excluding carboxylic acids is 1. The van der Waals surface area contributed by atoms with Crippen LogP contribution in [0, 0.1) is 0 Å². The standard InChI is InChI=1S/C16H18N4O2/c1-22-14-9-10-17-16(18-14)20-19-15(21)13-8-4-6-11-5-2-3-7-12(11)13/h2-3,5,7,9-10,13H,4,6,8H2,1H3,(H,19,21)(H,17,18,20)/t13-/m0/s1. The highest BCUT2D eigenvalue weighted by atomic mass is 16.5. The molecule has 22 heavy (non-hydrogen) atoms. The van der Waals surface area contributed by atoms with Crippen molar-refractivity contribution in [1.29, 1.82) is 0 Å². The molecule has 1 aliphatic rings. The molecule has 6 nitrogen and oxygen atoms in total. The van der Waals surface area contributed by atoms with Crippen molar-refractivity contribution in [2.24, 2.45) is 0 Å². The molecule has 0 bridgehead atoms. The lowest BCUT2D eigenvalue weighted by atomic mass is 9.82. The number of methoxy groups -OCH3 is 1. The summed E-state index contributed by atoms with van der Waals surface area (Å²) >= 11 is 0. The quantitative estimate of drug-likeness (QED) is 0.845. The van der Waals surface area contributed by atoms with Gasteiger partial charge in [0, 0.05) is 12.3 Å². The summed E-state index contributed by atoms with van der Waals surface area (Å²) in [4.78, 5) is 20.6. The first kappa shape index (κ1) is 14.3. The molecule has 0 fully saturated rings. The van der Waals surface area contributed by atoms with Crippen molar-refractivity contribution >= 4 is 11.9 Å². The van der Waals surface area contributed by atoms with E-state index in [0.29, 0.717) is 11.8 Å². The minimum atomic E-state index is -0.136. The van der Waals surface area contributed by atoms with E-state index in [2.05, 4.69) is 26.9 Å². The number of hydrogen-bond donors (Lipinski definition) is 2. The minimum absolute atomic E-state index is 0.0708. The molecule has 1 aromatic heterocycles. The molecular weight excluding hydrogens is 280 g/mol. The average Bonchev–Trinajstić information content (AvgIpc) is 2.59. The maximum absolute atomic E-state index is 12.4. The number of anilines is 1. The molecule has 3 rings (SSSR count). The van der Waals surface area contributed by atoms with Crippen molar-refractivity contribution in [2.45, 2.75) is 25.2 Å². The second-order valence-corrected chi connectivity index (χ2v) is 5.18. The number of aromatic nitrogens is 2. The zero-order chi connectivity index (χ0) is 15.4.